The number of nitrogens with zero attached hydrogens (tertiary/aromatic N) is 3. The molecule has 30 heavy (non-hydrogen) atoms. The van der Waals surface area contributed by atoms with Crippen LogP contribution < -0.4 is 0 Å². The Morgan fingerprint density at radius 2 is 1.80 bits per heavy atom. The molecule has 1 atom stereocenters. The highest BCUT2D eigenvalue weighted by Crippen LogP contribution is 2.35. The van der Waals surface area contributed by atoms with E-state index in [0.29, 0.717) is 5.25 Å². The number of hydrogen-bond donors (Lipinski definition) is 1. The van der Waals surface area contributed by atoms with Gasteiger partial charge in [-0.15, -0.1) is 21.9 Å². The van der Waals surface area contributed by atoms with E-state index in [0.717, 1.165) is 17.3 Å². The Morgan fingerprint density at radius 1 is 1.10 bits per heavy atom. The zero-order valence-electron chi connectivity index (χ0n) is 16.0. The number of fused-ring (bicyclic) bond motifs is 1. The van der Waals surface area contributed by atoms with E-state index in [-0.39, 0.29) is 0 Å². The van der Waals surface area contributed by atoms with E-state index in [9.17, 15) is 0 Å². The number of thioether (sulfide) groups is 1. The first-order chi connectivity index (χ1) is 14.5. The fraction of sp³-hybridized carbons (Fsp3) is 0.136. The average Bonchev–Trinajstić information content (AvgIpc) is 3.25. The summed E-state index contributed by atoms with van der Waals surface area (Å²) in [6.07, 6.45) is 5.75. The summed E-state index contributed by atoms with van der Waals surface area (Å²) in [6, 6.07) is 23.4. The molecule has 0 saturated carbocycles. The van der Waals surface area contributed by atoms with Crippen LogP contribution >= 0.6 is 23.4 Å². The van der Waals surface area contributed by atoms with Gasteiger partial charge in [0.25, 0.3) is 5.09 Å². The number of hydrogen-bond acceptors (Lipinski definition) is 4. The molecule has 1 N–H and O–H groups in total. The van der Waals surface area contributed by atoms with Crippen molar-refractivity contribution in [3.8, 4) is 0 Å². The van der Waals surface area contributed by atoms with Crippen molar-refractivity contribution in [1.82, 2.24) is 9.55 Å². The molecule has 1 unspecified atom stereocenters. The number of aromatic nitrogens is 2. The lowest BCUT2D eigenvalue weighted by Crippen LogP contribution is -2.05. The number of halogens is 1. The summed E-state index contributed by atoms with van der Waals surface area (Å²) < 4.78 is 2.15. The Morgan fingerprint density at radius 3 is 2.47 bits per heavy atom. The van der Waals surface area contributed by atoms with Gasteiger partial charge in [-0.1, -0.05) is 60.1 Å². The zero-order chi connectivity index (χ0) is 21.3. The van der Waals surface area contributed by atoms with Gasteiger partial charge in [0.1, 0.15) is 0 Å². The number of rotatable bonds is 6. The van der Waals surface area contributed by atoms with Crippen LogP contribution in [0.4, 0.5) is 0 Å². The topological polar surface area (TPSA) is 81.2 Å². The molecule has 154 valence electrons. The number of benzene rings is 3. The first-order valence-corrected chi connectivity index (χ1v) is 10.6. The molecule has 3 aromatic carbocycles. The third-order valence-electron chi connectivity index (χ3n) is 4.45. The van der Waals surface area contributed by atoms with Crippen molar-refractivity contribution < 1.29 is 10.3 Å². The monoisotopic (exact) mass is 441 g/mol. The minimum Gasteiger partial charge on any atom is -0.336 e. The molecule has 1 aromatic heterocycles. The maximum Gasteiger partial charge on any atom is 0.291 e. The van der Waals surface area contributed by atoms with Gasteiger partial charge < -0.3 is 9.77 Å². The van der Waals surface area contributed by atoms with Crippen molar-refractivity contribution in [2.45, 2.75) is 17.5 Å². The van der Waals surface area contributed by atoms with E-state index in [1.807, 2.05) is 42.6 Å². The van der Waals surface area contributed by atoms with Gasteiger partial charge in [0.2, 0.25) is 0 Å². The maximum atomic E-state index is 8.36. The van der Waals surface area contributed by atoms with Crippen LogP contribution in [0.2, 0.25) is 5.02 Å². The second-order valence-electron chi connectivity index (χ2n) is 6.53. The van der Waals surface area contributed by atoms with Crippen LogP contribution in [0.1, 0.15) is 16.4 Å². The van der Waals surface area contributed by atoms with Crippen molar-refractivity contribution in [1.29, 1.82) is 0 Å². The summed E-state index contributed by atoms with van der Waals surface area (Å²) in [5.41, 5.74) is 2.63. The zero-order valence-corrected chi connectivity index (χ0v) is 17.5. The van der Waals surface area contributed by atoms with Gasteiger partial charge in [0.05, 0.1) is 6.33 Å². The van der Waals surface area contributed by atoms with Crippen molar-refractivity contribution in [2.24, 2.45) is 0 Å². The minimum absolute atomic E-state index is 0.351. The van der Waals surface area contributed by atoms with E-state index >= 15 is 0 Å². The molecule has 0 aliphatic heterocycles. The first kappa shape index (κ1) is 21.7. The van der Waals surface area contributed by atoms with Crippen LogP contribution in [-0.4, -0.2) is 19.8 Å². The van der Waals surface area contributed by atoms with Crippen molar-refractivity contribution in [3.63, 3.8) is 0 Å². The molecule has 4 rings (SSSR count). The van der Waals surface area contributed by atoms with Gasteiger partial charge in [0.15, 0.2) is 0 Å². The highest BCUT2D eigenvalue weighted by molar-refractivity contribution is 7.98. The molecular formula is C22H20ClN3O3S. The molecule has 0 fully saturated rings. The summed E-state index contributed by atoms with van der Waals surface area (Å²) in [7, 11) is 0. The van der Waals surface area contributed by atoms with E-state index in [4.69, 9.17) is 26.9 Å². The standard InChI is InChI=1S/C22H19ClN2S.HNO3/c23-21-9-5-17(6-10-21)15-26-22(14-25-12-11-24-16-25)20-8-7-18-3-1-2-4-19(18)13-20;2-1(3)4/h1-13,16,22H,14-15H2;(H,2,3,4). The smallest absolute Gasteiger partial charge is 0.291 e. The van der Waals surface area contributed by atoms with E-state index in [1.165, 1.54) is 21.9 Å². The highest BCUT2D eigenvalue weighted by Gasteiger charge is 2.14. The van der Waals surface area contributed by atoms with E-state index in [1.54, 1.807) is 0 Å². The second-order valence-corrected chi connectivity index (χ2v) is 8.16. The van der Waals surface area contributed by atoms with Crippen molar-refractivity contribution >= 4 is 34.1 Å². The van der Waals surface area contributed by atoms with E-state index in [2.05, 4.69) is 64.1 Å². The van der Waals surface area contributed by atoms with Crippen LogP contribution in [0.15, 0.2) is 85.5 Å². The van der Waals surface area contributed by atoms with Gasteiger partial charge in [0, 0.05) is 35.0 Å². The van der Waals surface area contributed by atoms with Crippen molar-refractivity contribution in [3.05, 3.63) is 112 Å². The molecular weight excluding hydrogens is 422 g/mol. The van der Waals surface area contributed by atoms with E-state index < -0.39 is 5.09 Å². The molecule has 0 radical (unpaired) electrons. The fourth-order valence-corrected chi connectivity index (χ4v) is 4.35. The molecule has 8 heteroatoms. The summed E-state index contributed by atoms with van der Waals surface area (Å²) in [5, 5.41) is 17.3. The predicted molar refractivity (Wildman–Crippen MR) is 120 cm³/mol. The lowest BCUT2D eigenvalue weighted by Gasteiger charge is -2.18. The molecule has 0 amide bonds. The lowest BCUT2D eigenvalue weighted by molar-refractivity contribution is -0.742. The summed E-state index contributed by atoms with van der Waals surface area (Å²) in [4.78, 5) is 12.5. The van der Waals surface area contributed by atoms with Gasteiger partial charge in [-0.05, 0) is 40.1 Å². The molecule has 1 heterocycles. The molecule has 4 aromatic rings. The summed E-state index contributed by atoms with van der Waals surface area (Å²) >= 11 is 7.95. The van der Waals surface area contributed by atoms with Gasteiger partial charge >= 0.3 is 0 Å². The Balaban J connectivity index is 0.000000589. The van der Waals surface area contributed by atoms with Crippen LogP contribution in [0.25, 0.3) is 10.8 Å². The summed E-state index contributed by atoms with van der Waals surface area (Å²) in [6.45, 7) is 0.899. The molecule has 0 bridgehead atoms. The van der Waals surface area contributed by atoms with Gasteiger partial charge in [-0.25, -0.2) is 4.98 Å². The van der Waals surface area contributed by atoms with Crippen LogP contribution in [0.5, 0.6) is 0 Å². The molecule has 0 saturated heterocycles. The largest absolute Gasteiger partial charge is 0.336 e. The molecule has 0 spiro atoms. The highest BCUT2D eigenvalue weighted by atomic mass is 35.5. The SMILES string of the molecule is Clc1ccc(CSC(Cn2ccnc2)c2ccc3ccccc3c2)cc1.O=[N+]([O-])O. The molecule has 0 aliphatic rings. The van der Waals surface area contributed by atoms with Crippen LogP contribution in [0, 0.1) is 10.1 Å². The number of imidazole rings is 1. The minimum atomic E-state index is -1.50. The average molecular weight is 442 g/mol. The predicted octanol–water partition coefficient (Wildman–Crippen LogP) is 6.02. The van der Waals surface area contributed by atoms with Crippen LogP contribution in [0.3, 0.4) is 0 Å². The lowest BCUT2D eigenvalue weighted by atomic mass is 10.0. The summed E-state index contributed by atoms with van der Waals surface area (Å²) in [5.74, 6) is 0.948. The Labute approximate surface area is 183 Å². The molecule has 6 nitrogen and oxygen atoms in total. The van der Waals surface area contributed by atoms with Gasteiger partial charge in [-0.2, -0.15) is 0 Å². The Kier molecular flexibility index (Phi) is 7.70. The maximum absolute atomic E-state index is 8.36. The third kappa shape index (κ3) is 6.50. The quantitative estimate of drug-likeness (QED) is 0.292. The normalized spacial score (nSPS) is 11.5. The first-order valence-electron chi connectivity index (χ1n) is 9.15. The second kappa shape index (κ2) is 10.7. The van der Waals surface area contributed by atoms with Crippen LogP contribution in [-0.2, 0) is 12.3 Å². The van der Waals surface area contributed by atoms with Crippen molar-refractivity contribution in [2.75, 3.05) is 0 Å². The Bertz CT molecular complexity index is 1080. The molecule has 0 aliphatic carbocycles. The Hall–Kier alpha value is -3.03. The fourth-order valence-electron chi connectivity index (χ4n) is 3.03. The van der Waals surface area contributed by atoms with Gasteiger partial charge in [-0.3, -0.25) is 0 Å². The third-order valence-corrected chi connectivity index (χ3v) is 6.02.